The molecule has 144 valence electrons. The Hall–Kier alpha value is -3.20. The van der Waals surface area contributed by atoms with Gasteiger partial charge in [0.15, 0.2) is 11.6 Å². The number of H-pyrrole nitrogens is 1. The number of pyridine rings is 1. The number of thiophene rings is 1. The standard InChI is InChI=1S/C19H19N5O3S/c1-12-5-9-16(28-12)15(26)8-6-13(25)7-10-17(27)21-19-22-18(23-24-19)14-4-2-3-11-20-14/h2-5,9,11H,6-8,10H2,1H3,(H2,21,22,23,24,27). The fourth-order valence-corrected chi connectivity index (χ4v) is 3.30. The summed E-state index contributed by atoms with van der Waals surface area (Å²) in [7, 11) is 0. The molecule has 3 heterocycles. The zero-order chi connectivity index (χ0) is 19.9. The van der Waals surface area contributed by atoms with Crippen molar-refractivity contribution in [3.05, 3.63) is 46.3 Å². The summed E-state index contributed by atoms with van der Waals surface area (Å²) in [6.07, 6.45) is 2.01. The molecule has 3 aromatic rings. The summed E-state index contributed by atoms with van der Waals surface area (Å²) in [5.74, 6) is 0.0374. The average molecular weight is 397 g/mol. The van der Waals surface area contributed by atoms with Crippen molar-refractivity contribution in [1.82, 2.24) is 20.2 Å². The number of carbonyl (C=O) groups excluding carboxylic acids is 3. The Kier molecular flexibility index (Phi) is 6.38. The first-order chi connectivity index (χ1) is 13.5. The van der Waals surface area contributed by atoms with Gasteiger partial charge >= 0.3 is 0 Å². The maximum atomic E-state index is 12.0. The van der Waals surface area contributed by atoms with Gasteiger partial charge in [0.1, 0.15) is 11.5 Å². The summed E-state index contributed by atoms with van der Waals surface area (Å²) >= 11 is 1.42. The Morgan fingerprint density at radius 2 is 1.89 bits per heavy atom. The number of ketones is 2. The third-order valence-electron chi connectivity index (χ3n) is 3.92. The van der Waals surface area contributed by atoms with Crippen LogP contribution in [0.4, 0.5) is 5.95 Å². The molecule has 8 nitrogen and oxygen atoms in total. The number of aromatic amines is 1. The molecule has 1 amide bonds. The SMILES string of the molecule is Cc1ccc(C(=O)CCC(=O)CCC(=O)Nc2n[nH]c(-c3ccccn3)n2)s1. The van der Waals surface area contributed by atoms with Crippen molar-refractivity contribution in [2.45, 2.75) is 32.6 Å². The van der Waals surface area contributed by atoms with E-state index < -0.39 is 0 Å². The maximum Gasteiger partial charge on any atom is 0.249 e. The summed E-state index contributed by atoms with van der Waals surface area (Å²) in [6, 6.07) is 9.03. The summed E-state index contributed by atoms with van der Waals surface area (Å²) in [5, 5.41) is 9.16. The zero-order valence-corrected chi connectivity index (χ0v) is 16.1. The number of anilines is 1. The number of hydrogen-bond acceptors (Lipinski definition) is 7. The van der Waals surface area contributed by atoms with Crippen molar-refractivity contribution in [3.63, 3.8) is 0 Å². The molecule has 3 rings (SSSR count). The van der Waals surface area contributed by atoms with Gasteiger partial charge in [-0.15, -0.1) is 16.4 Å². The molecule has 3 aromatic heterocycles. The van der Waals surface area contributed by atoms with E-state index in [-0.39, 0.29) is 49.1 Å². The number of aromatic nitrogens is 4. The number of amides is 1. The monoisotopic (exact) mass is 397 g/mol. The van der Waals surface area contributed by atoms with Crippen LogP contribution < -0.4 is 5.32 Å². The Balaban J connectivity index is 1.41. The molecular weight excluding hydrogens is 378 g/mol. The van der Waals surface area contributed by atoms with E-state index in [1.807, 2.05) is 19.1 Å². The molecule has 2 N–H and O–H groups in total. The molecule has 0 radical (unpaired) electrons. The van der Waals surface area contributed by atoms with Crippen LogP contribution in [0.5, 0.6) is 0 Å². The van der Waals surface area contributed by atoms with Crippen molar-refractivity contribution in [2.24, 2.45) is 0 Å². The van der Waals surface area contributed by atoms with Gasteiger partial charge in [-0.1, -0.05) is 6.07 Å². The normalized spacial score (nSPS) is 10.6. The number of aryl methyl sites for hydroxylation is 1. The fraction of sp³-hybridized carbons (Fsp3) is 0.263. The van der Waals surface area contributed by atoms with Gasteiger partial charge in [0, 0.05) is 36.8 Å². The molecule has 0 atom stereocenters. The molecule has 9 heteroatoms. The van der Waals surface area contributed by atoms with Gasteiger partial charge in [0.25, 0.3) is 0 Å². The van der Waals surface area contributed by atoms with E-state index in [9.17, 15) is 14.4 Å². The first-order valence-electron chi connectivity index (χ1n) is 8.76. The van der Waals surface area contributed by atoms with E-state index in [2.05, 4.69) is 25.5 Å². The Bertz CT molecular complexity index is 980. The van der Waals surface area contributed by atoms with Crippen LogP contribution in [-0.4, -0.2) is 37.6 Å². The lowest BCUT2D eigenvalue weighted by molar-refractivity contribution is -0.122. The van der Waals surface area contributed by atoms with Gasteiger partial charge in [-0.25, -0.2) is 0 Å². The molecular formula is C19H19N5O3S. The van der Waals surface area contributed by atoms with Gasteiger partial charge in [0.2, 0.25) is 11.9 Å². The van der Waals surface area contributed by atoms with Crippen molar-refractivity contribution >= 4 is 34.8 Å². The van der Waals surface area contributed by atoms with Gasteiger partial charge < -0.3 is 0 Å². The summed E-state index contributed by atoms with van der Waals surface area (Å²) in [4.78, 5) is 46.0. The molecule has 0 aromatic carbocycles. The van der Waals surface area contributed by atoms with Crippen LogP contribution in [-0.2, 0) is 9.59 Å². The summed E-state index contributed by atoms with van der Waals surface area (Å²) in [5.41, 5.74) is 0.608. The second kappa shape index (κ2) is 9.14. The smallest absolute Gasteiger partial charge is 0.249 e. The molecule has 28 heavy (non-hydrogen) atoms. The number of rotatable bonds is 9. The number of nitrogens with zero attached hydrogens (tertiary/aromatic N) is 3. The van der Waals surface area contributed by atoms with Crippen LogP contribution in [0.3, 0.4) is 0 Å². The first-order valence-corrected chi connectivity index (χ1v) is 9.58. The predicted molar refractivity (Wildman–Crippen MR) is 105 cm³/mol. The van der Waals surface area contributed by atoms with Crippen LogP contribution >= 0.6 is 11.3 Å². The van der Waals surface area contributed by atoms with Gasteiger partial charge in [-0.2, -0.15) is 4.98 Å². The molecule has 0 bridgehead atoms. The second-order valence-electron chi connectivity index (χ2n) is 6.14. The van der Waals surface area contributed by atoms with Gasteiger partial charge in [-0.3, -0.25) is 29.8 Å². The topological polar surface area (TPSA) is 118 Å². The van der Waals surface area contributed by atoms with E-state index >= 15 is 0 Å². The second-order valence-corrected chi connectivity index (χ2v) is 7.43. The van der Waals surface area contributed by atoms with Gasteiger partial charge in [0.05, 0.1) is 4.88 Å². The highest BCUT2D eigenvalue weighted by Gasteiger charge is 2.14. The van der Waals surface area contributed by atoms with Gasteiger partial charge in [-0.05, 0) is 31.2 Å². The van der Waals surface area contributed by atoms with Crippen LogP contribution in [0.2, 0.25) is 0 Å². The molecule has 0 aliphatic carbocycles. The van der Waals surface area contributed by atoms with E-state index in [1.54, 1.807) is 24.4 Å². The van der Waals surface area contributed by atoms with E-state index in [1.165, 1.54) is 11.3 Å². The third-order valence-corrected chi connectivity index (χ3v) is 4.96. The minimum Gasteiger partial charge on any atom is -0.300 e. The number of carbonyl (C=O) groups is 3. The Morgan fingerprint density at radius 3 is 2.61 bits per heavy atom. The number of nitrogens with one attached hydrogen (secondary N) is 2. The van der Waals surface area contributed by atoms with E-state index in [0.29, 0.717) is 16.4 Å². The maximum absolute atomic E-state index is 12.0. The van der Waals surface area contributed by atoms with Crippen molar-refractivity contribution < 1.29 is 14.4 Å². The minimum atomic E-state index is -0.361. The molecule has 0 spiro atoms. The van der Waals surface area contributed by atoms with Crippen molar-refractivity contribution in [3.8, 4) is 11.5 Å². The molecule has 0 fully saturated rings. The Labute approximate surface area is 165 Å². The lowest BCUT2D eigenvalue weighted by Crippen LogP contribution is -2.14. The Morgan fingerprint density at radius 1 is 1.07 bits per heavy atom. The third kappa shape index (κ3) is 5.40. The quantitative estimate of drug-likeness (QED) is 0.536. The first kappa shape index (κ1) is 19.6. The molecule has 0 saturated heterocycles. The predicted octanol–water partition coefficient (Wildman–Crippen LogP) is 3.19. The van der Waals surface area contributed by atoms with E-state index in [0.717, 1.165) is 4.88 Å². The molecule has 0 unspecified atom stereocenters. The summed E-state index contributed by atoms with van der Waals surface area (Å²) < 4.78 is 0. The van der Waals surface area contributed by atoms with Crippen molar-refractivity contribution in [1.29, 1.82) is 0 Å². The largest absolute Gasteiger partial charge is 0.300 e. The average Bonchev–Trinajstić information content (AvgIpc) is 3.34. The molecule has 0 aliphatic rings. The van der Waals surface area contributed by atoms with E-state index in [4.69, 9.17) is 0 Å². The van der Waals surface area contributed by atoms with Crippen LogP contribution in [0.25, 0.3) is 11.5 Å². The highest BCUT2D eigenvalue weighted by atomic mass is 32.1. The summed E-state index contributed by atoms with van der Waals surface area (Å²) in [6.45, 7) is 1.93. The lowest BCUT2D eigenvalue weighted by Gasteiger charge is -2.01. The number of Topliss-reactive ketones (excluding diaryl/α,β-unsaturated/α-hetero) is 2. The van der Waals surface area contributed by atoms with Crippen LogP contribution in [0.1, 0.15) is 40.2 Å². The minimum absolute atomic E-state index is 0.0125. The van der Waals surface area contributed by atoms with Crippen LogP contribution in [0, 0.1) is 6.92 Å². The highest BCUT2D eigenvalue weighted by Crippen LogP contribution is 2.18. The fourth-order valence-electron chi connectivity index (χ4n) is 2.46. The number of hydrogen-bond donors (Lipinski definition) is 2. The zero-order valence-electron chi connectivity index (χ0n) is 15.3. The molecule has 0 saturated carbocycles. The lowest BCUT2D eigenvalue weighted by atomic mass is 10.1. The molecule has 0 aliphatic heterocycles. The van der Waals surface area contributed by atoms with Crippen LogP contribution in [0.15, 0.2) is 36.5 Å². The highest BCUT2D eigenvalue weighted by molar-refractivity contribution is 7.14. The van der Waals surface area contributed by atoms with Crippen molar-refractivity contribution in [2.75, 3.05) is 5.32 Å².